The minimum absolute atomic E-state index is 0.165. The van der Waals surface area contributed by atoms with Crippen molar-refractivity contribution in [2.75, 3.05) is 13.8 Å². The lowest BCUT2D eigenvalue weighted by Crippen LogP contribution is -2.22. The Morgan fingerprint density at radius 2 is 1.87 bits per heavy atom. The van der Waals surface area contributed by atoms with Crippen molar-refractivity contribution in [1.82, 2.24) is 0 Å². The fourth-order valence-corrected chi connectivity index (χ4v) is 3.85. The van der Waals surface area contributed by atoms with Crippen LogP contribution in [0.4, 0.5) is 17.6 Å². The molecule has 30 heavy (non-hydrogen) atoms. The Kier molecular flexibility index (Phi) is 8.71. The number of allylic oxidation sites excluding steroid dienone is 3. The van der Waals surface area contributed by atoms with E-state index in [-0.39, 0.29) is 29.1 Å². The number of rotatable bonds is 5. The number of fused-ring (bicyclic) bond motifs is 1. The molecule has 166 valence electrons. The number of ether oxygens (including phenoxy) is 2. The third kappa shape index (κ3) is 4.97. The van der Waals surface area contributed by atoms with Crippen LogP contribution in [-0.2, 0) is 11.2 Å². The van der Waals surface area contributed by atoms with Crippen molar-refractivity contribution in [3.8, 4) is 5.75 Å². The number of alkyl halides is 1. The quantitative estimate of drug-likeness (QED) is 0.455. The van der Waals surface area contributed by atoms with E-state index in [2.05, 4.69) is 20.1 Å². The number of halogens is 4. The number of hydrogen-bond acceptors (Lipinski definition) is 2. The van der Waals surface area contributed by atoms with Crippen molar-refractivity contribution in [3.63, 3.8) is 0 Å². The molecule has 0 spiro atoms. The summed E-state index contributed by atoms with van der Waals surface area (Å²) in [5, 5.41) is 0. The molecule has 1 fully saturated rings. The van der Waals surface area contributed by atoms with E-state index in [1.54, 1.807) is 13.0 Å². The van der Waals surface area contributed by atoms with E-state index in [0.29, 0.717) is 43.7 Å². The van der Waals surface area contributed by atoms with Gasteiger partial charge in [0.2, 0.25) is 5.82 Å². The zero-order valence-electron chi connectivity index (χ0n) is 17.9. The fourth-order valence-electron chi connectivity index (χ4n) is 3.85. The maximum Gasteiger partial charge on any atom is 0.201 e. The lowest BCUT2D eigenvalue weighted by atomic mass is 9.89. The van der Waals surface area contributed by atoms with Gasteiger partial charge in [0.1, 0.15) is 0 Å². The molecule has 1 aromatic rings. The van der Waals surface area contributed by atoms with Crippen molar-refractivity contribution in [2.24, 2.45) is 5.92 Å². The van der Waals surface area contributed by atoms with Gasteiger partial charge in [0, 0.05) is 17.5 Å². The average Bonchev–Trinajstić information content (AvgIpc) is 2.77. The molecule has 1 saturated heterocycles. The maximum atomic E-state index is 14.8. The zero-order valence-corrected chi connectivity index (χ0v) is 17.9. The van der Waals surface area contributed by atoms with Crippen LogP contribution in [0.25, 0.3) is 0 Å². The first-order chi connectivity index (χ1) is 14.4. The normalized spacial score (nSPS) is 22.4. The third-order valence-electron chi connectivity index (χ3n) is 5.55. The largest absolute Gasteiger partial charge is 0.450 e. The Morgan fingerprint density at radius 3 is 2.43 bits per heavy atom. The fraction of sp³-hybridized carbons (Fsp3) is 0.500. The Balaban J connectivity index is 0.00000155. The van der Waals surface area contributed by atoms with Gasteiger partial charge in [-0.2, -0.15) is 4.39 Å². The first-order valence-electron chi connectivity index (χ1n) is 10.3. The first-order valence-corrected chi connectivity index (χ1v) is 10.3. The first kappa shape index (κ1) is 24.2. The van der Waals surface area contributed by atoms with Crippen LogP contribution in [-0.4, -0.2) is 13.8 Å². The van der Waals surface area contributed by atoms with E-state index >= 15 is 0 Å². The smallest absolute Gasteiger partial charge is 0.201 e. The lowest BCUT2D eigenvalue weighted by molar-refractivity contribution is -0.0215. The predicted octanol–water partition coefficient (Wildman–Crippen LogP) is 7.46. The van der Waals surface area contributed by atoms with Crippen molar-refractivity contribution in [3.05, 3.63) is 64.7 Å². The third-order valence-corrected chi connectivity index (χ3v) is 5.55. The van der Waals surface area contributed by atoms with Crippen LogP contribution in [0.2, 0.25) is 0 Å². The van der Waals surface area contributed by atoms with Crippen LogP contribution in [0.1, 0.15) is 63.2 Å². The highest BCUT2D eigenvalue weighted by molar-refractivity contribution is 5.51. The average molecular weight is 426 g/mol. The summed E-state index contributed by atoms with van der Waals surface area (Å²) in [4.78, 5) is 0. The molecule has 0 radical (unpaired) electrons. The van der Waals surface area contributed by atoms with Gasteiger partial charge in [0.05, 0.1) is 19.9 Å². The summed E-state index contributed by atoms with van der Waals surface area (Å²) < 4.78 is 64.8. The van der Waals surface area contributed by atoms with E-state index in [9.17, 15) is 17.6 Å². The van der Waals surface area contributed by atoms with E-state index in [1.807, 2.05) is 0 Å². The Bertz CT molecular complexity index is 821. The van der Waals surface area contributed by atoms with Gasteiger partial charge in [-0.25, -0.2) is 8.78 Å². The summed E-state index contributed by atoms with van der Waals surface area (Å²) in [5.41, 5.74) is 1.27. The van der Waals surface area contributed by atoms with Gasteiger partial charge >= 0.3 is 0 Å². The van der Waals surface area contributed by atoms with Crippen LogP contribution in [0.15, 0.2) is 42.0 Å². The van der Waals surface area contributed by atoms with Gasteiger partial charge < -0.3 is 9.47 Å². The minimum atomic E-state index is -1.10. The summed E-state index contributed by atoms with van der Waals surface area (Å²) in [6.45, 7) is 11.9. The molecule has 3 rings (SSSR count). The molecule has 2 atom stereocenters. The lowest BCUT2D eigenvalue weighted by Gasteiger charge is -2.31. The highest BCUT2D eigenvalue weighted by atomic mass is 19.2. The molecule has 1 aromatic carbocycles. The van der Waals surface area contributed by atoms with E-state index in [1.165, 1.54) is 0 Å². The molecule has 0 amide bonds. The summed E-state index contributed by atoms with van der Waals surface area (Å²) in [6, 6.07) is 1.58. The van der Waals surface area contributed by atoms with E-state index < -0.39 is 23.6 Å². The van der Waals surface area contributed by atoms with E-state index in [4.69, 9.17) is 9.47 Å². The molecule has 2 heterocycles. The predicted molar refractivity (Wildman–Crippen MR) is 111 cm³/mol. The summed E-state index contributed by atoms with van der Waals surface area (Å²) in [6.07, 6.45) is 3.82. The molecule has 6 heteroatoms. The van der Waals surface area contributed by atoms with Gasteiger partial charge in [-0.1, -0.05) is 33.4 Å². The molecule has 2 nitrogen and oxygen atoms in total. The Morgan fingerprint density at radius 1 is 1.17 bits per heavy atom. The van der Waals surface area contributed by atoms with E-state index in [0.717, 1.165) is 19.3 Å². The van der Waals surface area contributed by atoms with Crippen molar-refractivity contribution >= 4 is 0 Å². The van der Waals surface area contributed by atoms with Crippen LogP contribution in [0, 0.1) is 17.6 Å². The zero-order chi connectivity index (χ0) is 22.4. The minimum Gasteiger partial charge on any atom is -0.450 e. The van der Waals surface area contributed by atoms with Crippen molar-refractivity contribution < 1.29 is 27.0 Å². The molecule has 2 aliphatic heterocycles. The monoisotopic (exact) mass is 426 g/mol. The Labute approximate surface area is 176 Å². The van der Waals surface area contributed by atoms with Gasteiger partial charge in [0.15, 0.2) is 23.2 Å². The van der Waals surface area contributed by atoms with Crippen LogP contribution in [0.3, 0.4) is 0 Å². The van der Waals surface area contributed by atoms with Crippen LogP contribution in [0.5, 0.6) is 5.75 Å². The Hall–Kier alpha value is -2.08. The molecular formula is C24H30F4O2. The molecule has 0 aliphatic carbocycles. The van der Waals surface area contributed by atoms with Gasteiger partial charge in [-0.3, -0.25) is 4.39 Å². The molecular weight excluding hydrogens is 396 g/mol. The molecule has 0 saturated carbocycles. The van der Waals surface area contributed by atoms with Crippen molar-refractivity contribution in [1.29, 1.82) is 0 Å². The van der Waals surface area contributed by atoms with Crippen LogP contribution >= 0.6 is 0 Å². The standard InChI is InChI=1S/C23H27F3O2.CH3F/c1-5-7-15-8-9-18(27-12-15)17-11-16-10-14(4)22(19(24)13(3)6-2)28-23(16)21(26)20(17)25;1-2/h11,15,18H,3-10,12H2,1-2H3;1H3/b22-19-;. The SMILES string of the molecule is C=C(CC)/C(F)=C1/Oc2c(cc(C3CCC(CCC)CO3)c(F)c2F)CC1=C.CF. The maximum absolute atomic E-state index is 14.8. The van der Waals surface area contributed by atoms with Crippen molar-refractivity contribution in [2.45, 2.75) is 58.5 Å². The molecule has 0 N–H and O–H groups in total. The summed E-state index contributed by atoms with van der Waals surface area (Å²) >= 11 is 0. The second-order valence-electron chi connectivity index (χ2n) is 7.62. The molecule has 2 aliphatic rings. The van der Waals surface area contributed by atoms with Gasteiger partial charge in [-0.05, 0) is 48.8 Å². The molecule has 0 bridgehead atoms. The molecule has 0 aromatic heterocycles. The highest BCUT2D eigenvalue weighted by Crippen LogP contribution is 2.42. The molecule has 2 unspecified atom stereocenters. The van der Waals surface area contributed by atoms with Gasteiger partial charge in [-0.15, -0.1) is 0 Å². The second kappa shape index (κ2) is 10.8. The number of hydrogen-bond donors (Lipinski definition) is 0. The van der Waals surface area contributed by atoms with Gasteiger partial charge in [0.25, 0.3) is 0 Å². The summed E-state index contributed by atoms with van der Waals surface area (Å²) in [5.74, 6) is -2.73. The number of benzene rings is 1. The summed E-state index contributed by atoms with van der Waals surface area (Å²) in [7, 11) is 0.500. The second-order valence-corrected chi connectivity index (χ2v) is 7.62. The topological polar surface area (TPSA) is 18.5 Å². The van der Waals surface area contributed by atoms with Crippen LogP contribution < -0.4 is 4.74 Å². The highest BCUT2D eigenvalue weighted by Gasteiger charge is 2.32.